The average Bonchev–Trinajstić information content (AvgIpc) is 2.69. The zero-order valence-electron chi connectivity index (χ0n) is 10.7. The molecule has 0 bridgehead atoms. The molecule has 1 aromatic carbocycles. The van der Waals surface area contributed by atoms with Crippen LogP contribution < -0.4 is 5.73 Å². The smallest absolute Gasteiger partial charge is 0.153 e. The lowest BCUT2D eigenvalue weighted by Crippen LogP contribution is -1.95. The Morgan fingerprint density at radius 2 is 2.06 bits per heavy atom. The highest BCUT2D eigenvalue weighted by Gasteiger charge is 2.15. The molecule has 3 nitrogen and oxygen atoms in total. The van der Waals surface area contributed by atoms with Gasteiger partial charge in [-0.15, -0.1) is 0 Å². The SMILES string of the molecule is CC(C)CCc1[nH]nc(N)c1-c1ccccc1Br. The summed E-state index contributed by atoms with van der Waals surface area (Å²) >= 11 is 3.57. The molecule has 0 aliphatic heterocycles. The molecular formula is C14H18BrN3. The molecular weight excluding hydrogens is 290 g/mol. The molecule has 2 rings (SSSR count). The van der Waals surface area contributed by atoms with Gasteiger partial charge in [-0.05, 0) is 24.8 Å². The van der Waals surface area contributed by atoms with Crippen LogP contribution in [0.1, 0.15) is 26.0 Å². The normalized spacial score (nSPS) is 11.1. The number of nitrogens with two attached hydrogens (primary N) is 1. The average molecular weight is 308 g/mol. The van der Waals surface area contributed by atoms with Crippen LogP contribution in [0.25, 0.3) is 11.1 Å². The number of aromatic nitrogens is 2. The minimum Gasteiger partial charge on any atom is -0.382 e. The number of hydrogen-bond acceptors (Lipinski definition) is 2. The molecule has 0 saturated carbocycles. The molecule has 3 N–H and O–H groups in total. The second-order valence-corrected chi connectivity index (χ2v) is 5.73. The van der Waals surface area contributed by atoms with Gasteiger partial charge >= 0.3 is 0 Å². The molecule has 0 aliphatic rings. The largest absolute Gasteiger partial charge is 0.382 e. The number of aryl methyl sites for hydroxylation is 1. The van der Waals surface area contributed by atoms with Crippen molar-refractivity contribution in [3.63, 3.8) is 0 Å². The van der Waals surface area contributed by atoms with E-state index < -0.39 is 0 Å². The standard InChI is InChI=1S/C14H18BrN3/c1-9(2)7-8-12-13(14(16)18-17-12)10-5-3-4-6-11(10)15/h3-6,9H,7-8H2,1-2H3,(H3,16,17,18). The van der Waals surface area contributed by atoms with Crippen molar-refractivity contribution in [1.29, 1.82) is 0 Å². The Hall–Kier alpha value is -1.29. The van der Waals surface area contributed by atoms with Gasteiger partial charge in [0.2, 0.25) is 0 Å². The second-order valence-electron chi connectivity index (χ2n) is 4.87. The van der Waals surface area contributed by atoms with Crippen molar-refractivity contribution < 1.29 is 0 Å². The van der Waals surface area contributed by atoms with Crippen molar-refractivity contribution in [3.8, 4) is 11.1 Å². The third-order valence-corrected chi connectivity index (χ3v) is 3.68. The Labute approximate surface area is 116 Å². The fourth-order valence-corrected chi connectivity index (χ4v) is 2.46. The highest BCUT2D eigenvalue weighted by atomic mass is 79.9. The summed E-state index contributed by atoms with van der Waals surface area (Å²) in [6, 6.07) is 8.09. The maximum Gasteiger partial charge on any atom is 0.153 e. The summed E-state index contributed by atoms with van der Waals surface area (Å²) in [6.07, 6.45) is 2.09. The van der Waals surface area contributed by atoms with Crippen molar-refractivity contribution >= 4 is 21.7 Å². The first-order valence-electron chi connectivity index (χ1n) is 6.17. The van der Waals surface area contributed by atoms with Crippen LogP contribution in [0.2, 0.25) is 0 Å². The molecule has 18 heavy (non-hydrogen) atoms. The van der Waals surface area contributed by atoms with E-state index in [1.165, 1.54) is 0 Å². The van der Waals surface area contributed by atoms with Crippen LogP contribution in [0.3, 0.4) is 0 Å². The van der Waals surface area contributed by atoms with Crippen LogP contribution in [0, 0.1) is 5.92 Å². The number of nitrogens with one attached hydrogen (secondary N) is 1. The van der Waals surface area contributed by atoms with Crippen molar-refractivity contribution in [2.45, 2.75) is 26.7 Å². The predicted molar refractivity (Wildman–Crippen MR) is 79.3 cm³/mol. The van der Waals surface area contributed by atoms with Gasteiger partial charge in [0.1, 0.15) is 0 Å². The molecule has 0 unspecified atom stereocenters. The Morgan fingerprint density at radius 3 is 2.72 bits per heavy atom. The van der Waals surface area contributed by atoms with Gasteiger partial charge in [-0.3, -0.25) is 5.10 Å². The third-order valence-electron chi connectivity index (χ3n) is 2.98. The first-order chi connectivity index (χ1) is 8.59. The van der Waals surface area contributed by atoms with Gasteiger partial charge < -0.3 is 5.73 Å². The van der Waals surface area contributed by atoms with Gasteiger partial charge in [-0.2, -0.15) is 5.10 Å². The summed E-state index contributed by atoms with van der Waals surface area (Å²) in [5, 5.41) is 7.20. The maximum atomic E-state index is 5.99. The molecule has 0 aliphatic carbocycles. The third kappa shape index (κ3) is 2.75. The maximum absolute atomic E-state index is 5.99. The molecule has 0 spiro atoms. The quantitative estimate of drug-likeness (QED) is 0.896. The Morgan fingerprint density at radius 1 is 1.33 bits per heavy atom. The zero-order valence-corrected chi connectivity index (χ0v) is 12.3. The molecule has 1 aromatic heterocycles. The molecule has 0 radical (unpaired) electrons. The fourth-order valence-electron chi connectivity index (χ4n) is 1.97. The van der Waals surface area contributed by atoms with E-state index in [1.54, 1.807) is 0 Å². The van der Waals surface area contributed by atoms with Crippen molar-refractivity contribution in [3.05, 3.63) is 34.4 Å². The van der Waals surface area contributed by atoms with E-state index in [0.29, 0.717) is 11.7 Å². The lowest BCUT2D eigenvalue weighted by atomic mass is 10.00. The zero-order chi connectivity index (χ0) is 13.1. The van der Waals surface area contributed by atoms with E-state index in [4.69, 9.17) is 5.73 Å². The van der Waals surface area contributed by atoms with Gasteiger partial charge in [-0.25, -0.2) is 0 Å². The minimum absolute atomic E-state index is 0.570. The number of aromatic amines is 1. The van der Waals surface area contributed by atoms with E-state index >= 15 is 0 Å². The highest BCUT2D eigenvalue weighted by molar-refractivity contribution is 9.10. The van der Waals surface area contributed by atoms with Gasteiger partial charge in [0, 0.05) is 21.3 Å². The number of nitrogen functional groups attached to an aromatic ring is 1. The molecule has 0 atom stereocenters. The van der Waals surface area contributed by atoms with Crippen LogP contribution in [0.15, 0.2) is 28.7 Å². The Balaban J connectivity index is 2.38. The first kappa shape index (κ1) is 13.1. The lowest BCUT2D eigenvalue weighted by molar-refractivity contribution is 0.581. The topological polar surface area (TPSA) is 54.7 Å². The summed E-state index contributed by atoms with van der Waals surface area (Å²) in [5.41, 5.74) is 9.23. The fraction of sp³-hybridized carbons (Fsp3) is 0.357. The highest BCUT2D eigenvalue weighted by Crippen LogP contribution is 2.34. The van der Waals surface area contributed by atoms with Gasteiger partial charge in [0.05, 0.1) is 0 Å². The van der Waals surface area contributed by atoms with E-state index in [0.717, 1.165) is 34.1 Å². The molecule has 4 heteroatoms. The van der Waals surface area contributed by atoms with Crippen molar-refractivity contribution in [2.24, 2.45) is 5.92 Å². The molecule has 0 amide bonds. The summed E-state index contributed by atoms with van der Waals surface area (Å²) in [4.78, 5) is 0. The van der Waals surface area contributed by atoms with E-state index in [1.807, 2.05) is 18.2 Å². The van der Waals surface area contributed by atoms with Crippen LogP contribution in [0.4, 0.5) is 5.82 Å². The number of benzene rings is 1. The number of halogens is 1. The second kappa shape index (κ2) is 5.57. The molecule has 0 saturated heterocycles. The number of hydrogen-bond donors (Lipinski definition) is 2. The van der Waals surface area contributed by atoms with Crippen molar-refractivity contribution in [2.75, 3.05) is 5.73 Å². The number of nitrogens with zero attached hydrogens (tertiary/aromatic N) is 1. The van der Waals surface area contributed by atoms with Gasteiger partial charge in [0.15, 0.2) is 5.82 Å². The molecule has 2 aromatic rings. The summed E-state index contributed by atoms with van der Waals surface area (Å²) in [6.45, 7) is 4.44. The van der Waals surface area contributed by atoms with Crippen LogP contribution >= 0.6 is 15.9 Å². The molecule has 1 heterocycles. The van der Waals surface area contributed by atoms with Gasteiger partial charge in [0.25, 0.3) is 0 Å². The summed E-state index contributed by atoms with van der Waals surface area (Å²) in [5.74, 6) is 1.24. The van der Waals surface area contributed by atoms with Crippen LogP contribution in [-0.2, 0) is 6.42 Å². The lowest BCUT2D eigenvalue weighted by Gasteiger charge is -2.08. The summed E-state index contributed by atoms with van der Waals surface area (Å²) in [7, 11) is 0. The van der Waals surface area contributed by atoms with Crippen LogP contribution in [0.5, 0.6) is 0 Å². The number of rotatable bonds is 4. The summed E-state index contributed by atoms with van der Waals surface area (Å²) < 4.78 is 1.05. The van der Waals surface area contributed by atoms with E-state index in [2.05, 4.69) is 46.0 Å². The first-order valence-corrected chi connectivity index (χ1v) is 6.96. The van der Waals surface area contributed by atoms with Crippen molar-refractivity contribution in [1.82, 2.24) is 10.2 Å². The van der Waals surface area contributed by atoms with E-state index in [-0.39, 0.29) is 0 Å². The monoisotopic (exact) mass is 307 g/mol. The molecule has 0 fully saturated rings. The predicted octanol–water partition coefficient (Wildman–Crippen LogP) is 4.01. The molecule has 96 valence electrons. The number of H-pyrrole nitrogens is 1. The van der Waals surface area contributed by atoms with Gasteiger partial charge in [-0.1, -0.05) is 48.0 Å². The minimum atomic E-state index is 0.570. The Kier molecular flexibility index (Phi) is 4.07. The Bertz CT molecular complexity index is 532. The van der Waals surface area contributed by atoms with E-state index in [9.17, 15) is 0 Å². The number of anilines is 1. The van der Waals surface area contributed by atoms with Crippen LogP contribution in [-0.4, -0.2) is 10.2 Å².